The summed E-state index contributed by atoms with van der Waals surface area (Å²) in [6.07, 6.45) is 0.784. The lowest BCUT2D eigenvalue weighted by Gasteiger charge is -2.04. The lowest BCUT2D eigenvalue weighted by molar-refractivity contribution is -0.118. The number of hydrogen-bond donors (Lipinski definition) is 0. The van der Waals surface area contributed by atoms with Crippen molar-refractivity contribution in [2.24, 2.45) is 7.05 Å². The van der Waals surface area contributed by atoms with Crippen LogP contribution in [0.4, 0.5) is 8.78 Å². The van der Waals surface area contributed by atoms with Crippen molar-refractivity contribution in [3.63, 3.8) is 0 Å². The summed E-state index contributed by atoms with van der Waals surface area (Å²) < 4.78 is 28.3. The second-order valence-electron chi connectivity index (χ2n) is 5.22. The number of nitrogens with zero attached hydrogens (tertiary/aromatic N) is 2. The summed E-state index contributed by atoms with van der Waals surface area (Å²) >= 11 is 0. The minimum Gasteiger partial charge on any atom is -0.299 e. The van der Waals surface area contributed by atoms with Crippen LogP contribution in [0.2, 0.25) is 0 Å². The largest absolute Gasteiger partial charge is 0.299 e. The molecule has 2 rings (SSSR count). The van der Waals surface area contributed by atoms with E-state index in [4.69, 9.17) is 0 Å². The molecule has 1 heterocycles. The molecule has 3 nitrogen and oxygen atoms in total. The van der Waals surface area contributed by atoms with E-state index in [0.29, 0.717) is 12.8 Å². The molecule has 0 saturated carbocycles. The summed E-state index contributed by atoms with van der Waals surface area (Å²) in [5, 5.41) is 4.29. The molecule has 5 heteroatoms. The molecular weight excluding hydrogens is 274 g/mol. The van der Waals surface area contributed by atoms with Gasteiger partial charge in [-0.2, -0.15) is 5.10 Å². The maximum Gasteiger partial charge on any atom is 0.137 e. The molecule has 0 atom stereocenters. The smallest absolute Gasteiger partial charge is 0.137 e. The lowest BCUT2D eigenvalue weighted by atomic mass is 10.0. The first kappa shape index (κ1) is 15.4. The fourth-order valence-electron chi connectivity index (χ4n) is 2.42. The van der Waals surface area contributed by atoms with Crippen LogP contribution in [0.1, 0.15) is 28.9 Å². The highest BCUT2D eigenvalue weighted by Gasteiger charge is 2.13. The van der Waals surface area contributed by atoms with Gasteiger partial charge in [-0.1, -0.05) is 0 Å². The van der Waals surface area contributed by atoms with Crippen molar-refractivity contribution in [1.82, 2.24) is 9.78 Å². The van der Waals surface area contributed by atoms with Gasteiger partial charge in [0.2, 0.25) is 0 Å². The molecule has 0 bridgehead atoms. The summed E-state index contributed by atoms with van der Waals surface area (Å²) in [6, 6.07) is 3.17. The third kappa shape index (κ3) is 3.54. The molecule has 0 spiro atoms. The molecule has 0 saturated heterocycles. The van der Waals surface area contributed by atoms with Gasteiger partial charge < -0.3 is 0 Å². The predicted molar refractivity (Wildman–Crippen MR) is 76.1 cm³/mol. The van der Waals surface area contributed by atoms with E-state index in [2.05, 4.69) is 5.10 Å². The zero-order chi connectivity index (χ0) is 15.6. The summed E-state index contributed by atoms with van der Waals surface area (Å²) in [5.41, 5.74) is 3.09. The minimum atomic E-state index is -0.543. The van der Waals surface area contributed by atoms with Crippen LogP contribution in [0, 0.1) is 25.5 Å². The maximum atomic E-state index is 13.5. The molecule has 0 amide bonds. The van der Waals surface area contributed by atoms with E-state index in [1.54, 1.807) is 4.68 Å². The standard InChI is InChI=1S/C16H18F2N2O/c1-10-15(11(2)20(3)19-10)6-5-14(21)9-12-8-13(17)4-7-16(12)18/h4,7-8H,5-6,9H2,1-3H3. The molecule has 0 N–H and O–H groups in total. The first-order valence-electron chi connectivity index (χ1n) is 6.83. The molecule has 0 unspecified atom stereocenters. The van der Waals surface area contributed by atoms with Gasteiger partial charge in [0.25, 0.3) is 0 Å². The van der Waals surface area contributed by atoms with Crippen molar-refractivity contribution in [2.75, 3.05) is 0 Å². The molecule has 0 radical (unpaired) electrons. The van der Waals surface area contributed by atoms with Crippen LogP contribution in [0.15, 0.2) is 18.2 Å². The number of ketones is 1. The molecule has 112 valence electrons. The second-order valence-corrected chi connectivity index (χ2v) is 5.22. The predicted octanol–water partition coefficient (Wildman–Crippen LogP) is 3.06. The first-order chi connectivity index (χ1) is 9.88. The van der Waals surface area contributed by atoms with Gasteiger partial charge in [-0.25, -0.2) is 8.78 Å². The van der Waals surface area contributed by atoms with Gasteiger partial charge in [0.1, 0.15) is 17.4 Å². The number of carbonyl (C=O) groups is 1. The van der Waals surface area contributed by atoms with Gasteiger partial charge in [-0.3, -0.25) is 9.48 Å². The van der Waals surface area contributed by atoms with Crippen molar-refractivity contribution in [1.29, 1.82) is 0 Å². The van der Waals surface area contributed by atoms with Gasteiger partial charge in [0, 0.05) is 25.6 Å². The quantitative estimate of drug-likeness (QED) is 0.849. The van der Waals surface area contributed by atoms with E-state index in [1.165, 1.54) is 0 Å². The van der Waals surface area contributed by atoms with Crippen LogP contribution in [-0.4, -0.2) is 15.6 Å². The van der Waals surface area contributed by atoms with Crippen molar-refractivity contribution >= 4 is 5.78 Å². The van der Waals surface area contributed by atoms with Gasteiger partial charge in [0.15, 0.2) is 0 Å². The Kier molecular flexibility index (Phi) is 4.50. The minimum absolute atomic E-state index is 0.0814. The Morgan fingerprint density at radius 2 is 2.00 bits per heavy atom. The van der Waals surface area contributed by atoms with E-state index in [9.17, 15) is 13.6 Å². The van der Waals surface area contributed by atoms with Gasteiger partial charge in [0.05, 0.1) is 5.69 Å². The van der Waals surface area contributed by atoms with Crippen molar-refractivity contribution in [3.05, 3.63) is 52.3 Å². The number of aryl methyl sites for hydroxylation is 2. The zero-order valence-corrected chi connectivity index (χ0v) is 12.4. The summed E-state index contributed by atoms with van der Waals surface area (Å²) in [6.45, 7) is 3.85. The number of carbonyl (C=O) groups excluding carboxylic acids is 1. The first-order valence-corrected chi connectivity index (χ1v) is 6.83. The SMILES string of the molecule is Cc1nn(C)c(C)c1CCC(=O)Cc1cc(F)ccc1F. The maximum absolute atomic E-state index is 13.5. The zero-order valence-electron chi connectivity index (χ0n) is 12.4. The van der Waals surface area contributed by atoms with Crippen LogP contribution < -0.4 is 0 Å². The Balaban J connectivity index is 2.01. The Morgan fingerprint density at radius 3 is 2.62 bits per heavy atom. The average molecular weight is 292 g/mol. The fraction of sp³-hybridized carbons (Fsp3) is 0.375. The number of benzene rings is 1. The monoisotopic (exact) mass is 292 g/mol. The van der Waals surface area contributed by atoms with Gasteiger partial charge in [-0.15, -0.1) is 0 Å². The van der Waals surface area contributed by atoms with Crippen LogP contribution >= 0.6 is 0 Å². The number of aromatic nitrogens is 2. The van der Waals surface area contributed by atoms with Crippen LogP contribution in [0.5, 0.6) is 0 Å². The number of hydrogen-bond acceptors (Lipinski definition) is 2. The van der Waals surface area contributed by atoms with Crippen molar-refractivity contribution in [3.8, 4) is 0 Å². The average Bonchev–Trinajstić information content (AvgIpc) is 2.66. The number of rotatable bonds is 5. The topological polar surface area (TPSA) is 34.9 Å². The van der Waals surface area contributed by atoms with E-state index in [0.717, 1.165) is 35.2 Å². The molecule has 0 aliphatic rings. The lowest BCUT2D eigenvalue weighted by Crippen LogP contribution is -2.07. The van der Waals surface area contributed by atoms with Gasteiger partial charge in [-0.05, 0) is 49.6 Å². The van der Waals surface area contributed by atoms with Crippen molar-refractivity contribution in [2.45, 2.75) is 33.1 Å². The Bertz CT molecular complexity index is 677. The Morgan fingerprint density at radius 1 is 1.29 bits per heavy atom. The molecule has 0 aliphatic heterocycles. The van der Waals surface area contributed by atoms with E-state index >= 15 is 0 Å². The molecular formula is C16H18F2N2O. The Hall–Kier alpha value is -2.04. The van der Waals surface area contributed by atoms with Crippen molar-refractivity contribution < 1.29 is 13.6 Å². The van der Waals surface area contributed by atoms with E-state index in [1.807, 2.05) is 20.9 Å². The third-order valence-corrected chi connectivity index (χ3v) is 3.71. The molecule has 1 aromatic heterocycles. The van der Waals surface area contributed by atoms with Gasteiger partial charge >= 0.3 is 0 Å². The summed E-state index contributed by atoms with van der Waals surface area (Å²) in [5.74, 6) is -1.18. The highest BCUT2D eigenvalue weighted by atomic mass is 19.1. The van der Waals surface area contributed by atoms with E-state index in [-0.39, 0.29) is 17.8 Å². The molecule has 21 heavy (non-hydrogen) atoms. The molecule has 1 aromatic carbocycles. The molecule has 0 aliphatic carbocycles. The molecule has 2 aromatic rings. The normalized spacial score (nSPS) is 10.9. The second kappa shape index (κ2) is 6.16. The highest BCUT2D eigenvalue weighted by molar-refractivity contribution is 5.81. The van der Waals surface area contributed by atoms with Crippen LogP contribution in [0.3, 0.4) is 0 Å². The van der Waals surface area contributed by atoms with E-state index < -0.39 is 11.6 Å². The molecule has 0 fully saturated rings. The van der Waals surface area contributed by atoms with Crippen LogP contribution in [-0.2, 0) is 24.7 Å². The summed E-state index contributed by atoms with van der Waals surface area (Å²) in [7, 11) is 1.86. The third-order valence-electron chi connectivity index (χ3n) is 3.71. The number of halogens is 2. The number of Topliss-reactive ketones (excluding diaryl/α,β-unsaturated/α-hetero) is 1. The highest BCUT2D eigenvalue weighted by Crippen LogP contribution is 2.16. The fourth-order valence-corrected chi connectivity index (χ4v) is 2.42. The van der Waals surface area contributed by atoms with Crippen LogP contribution in [0.25, 0.3) is 0 Å². The Labute approximate surface area is 122 Å². The summed E-state index contributed by atoms with van der Waals surface area (Å²) in [4.78, 5) is 12.0.